The van der Waals surface area contributed by atoms with Gasteiger partial charge < -0.3 is 5.53 Å². The molecular formula is C15H22N2O. The van der Waals surface area contributed by atoms with Crippen molar-refractivity contribution in [1.82, 2.24) is 0 Å². The Labute approximate surface area is 109 Å². The molecule has 3 heteroatoms. The van der Waals surface area contributed by atoms with Crippen LogP contribution in [0.4, 0.5) is 0 Å². The highest BCUT2D eigenvalue weighted by atomic mass is 16.1. The number of hydrogen-bond donors (Lipinski definition) is 0. The van der Waals surface area contributed by atoms with Crippen LogP contribution in [0.2, 0.25) is 0 Å². The van der Waals surface area contributed by atoms with Crippen molar-refractivity contribution in [2.45, 2.75) is 59.3 Å². The molecule has 0 radical (unpaired) electrons. The Kier molecular flexibility index (Phi) is 2.24. The quantitative estimate of drug-likeness (QED) is 0.478. The molecule has 0 aliphatic heterocycles. The normalized spacial score (nSPS) is 45.6. The predicted octanol–water partition coefficient (Wildman–Crippen LogP) is 3.24. The minimum Gasteiger partial charge on any atom is -0.361 e. The van der Waals surface area contributed by atoms with Crippen LogP contribution in [-0.4, -0.2) is 16.3 Å². The fourth-order valence-electron chi connectivity index (χ4n) is 5.30. The molecule has 3 aliphatic rings. The van der Waals surface area contributed by atoms with Crippen molar-refractivity contribution in [3.05, 3.63) is 5.53 Å². The van der Waals surface area contributed by atoms with Gasteiger partial charge in [-0.3, -0.25) is 4.79 Å². The third kappa shape index (κ3) is 1.23. The number of nitrogens with zero attached hydrogens (tertiary/aromatic N) is 2. The summed E-state index contributed by atoms with van der Waals surface area (Å²) in [6, 6.07) is 0. The first-order valence-electron chi connectivity index (χ1n) is 7.13. The van der Waals surface area contributed by atoms with Gasteiger partial charge in [0, 0.05) is 5.41 Å². The van der Waals surface area contributed by atoms with Gasteiger partial charge in [0.2, 0.25) is 5.78 Å². The van der Waals surface area contributed by atoms with Gasteiger partial charge >= 0.3 is 5.71 Å². The van der Waals surface area contributed by atoms with Crippen LogP contribution in [0.5, 0.6) is 0 Å². The van der Waals surface area contributed by atoms with Crippen LogP contribution in [0.15, 0.2) is 0 Å². The monoisotopic (exact) mass is 246 g/mol. The van der Waals surface area contributed by atoms with Crippen molar-refractivity contribution < 1.29 is 9.58 Å². The average Bonchev–Trinajstić information content (AvgIpc) is 2.42. The second-order valence-corrected chi connectivity index (χ2v) is 7.60. The van der Waals surface area contributed by atoms with Gasteiger partial charge in [0.25, 0.3) is 0 Å². The average molecular weight is 246 g/mol. The standard InChI is InChI=1S/C15H22N2O/c1-13(2)6-4-7-15-9-14(3,8-5-10(13)15)12(18)11(15)17-16/h10H,4-9H2,1-3H3/t10-,14+,15+/m0/s1. The van der Waals surface area contributed by atoms with E-state index in [1.165, 1.54) is 6.42 Å². The number of carbonyl (C=O) groups excluding carboxylic acids is 1. The van der Waals surface area contributed by atoms with Crippen molar-refractivity contribution in [2.75, 3.05) is 0 Å². The maximum atomic E-state index is 12.5. The van der Waals surface area contributed by atoms with E-state index in [1.54, 1.807) is 0 Å². The van der Waals surface area contributed by atoms with E-state index < -0.39 is 0 Å². The highest BCUT2D eigenvalue weighted by Gasteiger charge is 2.70. The molecule has 0 amide bonds. The molecule has 2 bridgehead atoms. The Morgan fingerprint density at radius 2 is 1.94 bits per heavy atom. The molecule has 0 saturated heterocycles. The summed E-state index contributed by atoms with van der Waals surface area (Å²) in [5, 5.41) is 0. The molecular weight excluding hydrogens is 224 g/mol. The van der Waals surface area contributed by atoms with Gasteiger partial charge in [-0.05, 0) is 43.4 Å². The molecule has 98 valence electrons. The molecule has 1 spiro atoms. The second kappa shape index (κ2) is 3.33. The minimum atomic E-state index is -0.258. The van der Waals surface area contributed by atoms with Crippen LogP contribution in [0, 0.1) is 22.2 Å². The van der Waals surface area contributed by atoms with Crippen molar-refractivity contribution in [2.24, 2.45) is 22.2 Å². The number of rotatable bonds is 0. The fourth-order valence-corrected chi connectivity index (χ4v) is 5.30. The lowest BCUT2D eigenvalue weighted by atomic mass is 9.50. The second-order valence-electron chi connectivity index (χ2n) is 7.60. The lowest BCUT2D eigenvalue weighted by Crippen LogP contribution is -2.48. The zero-order chi connectivity index (χ0) is 13.2. The molecule has 0 aromatic heterocycles. The summed E-state index contributed by atoms with van der Waals surface area (Å²) in [6.07, 6.45) is 6.37. The molecule has 0 unspecified atom stereocenters. The highest BCUT2D eigenvalue weighted by Crippen LogP contribution is 2.66. The molecule has 3 nitrogen and oxygen atoms in total. The lowest BCUT2D eigenvalue weighted by Gasteiger charge is -2.51. The Morgan fingerprint density at radius 1 is 1.22 bits per heavy atom. The molecule has 0 N–H and O–H groups in total. The minimum absolute atomic E-state index is 0.116. The van der Waals surface area contributed by atoms with Gasteiger partial charge in [-0.25, -0.2) is 0 Å². The van der Waals surface area contributed by atoms with Crippen molar-refractivity contribution >= 4 is 11.5 Å². The first-order chi connectivity index (χ1) is 8.36. The van der Waals surface area contributed by atoms with E-state index in [2.05, 4.69) is 25.6 Å². The van der Waals surface area contributed by atoms with Crippen molar-refractivity contribution in [3.8, 4) is 0 Å². The van der Waals surface area contributed by atoms with E-state index in [0.717, 1.165) is 32.1 Å². The first kappa shape index (κ1) is 12.1. The maximum absolute atomic E-state index is 12.5. The summed E-state index contributed by atoms with van der Waals surface area (Å²) in [6.45, 7) is 6.70. The number of fused-ring (bicyclic) bond motifs is 1. The summed E-state index contributed by atoms with van der Waals surface area (Å²) in [4.78, 5) is 16.0. The fraction of sp³-hybridized carbons (Fsp3) is 0.867. The van der Waals surface area contributed by atoms with Crippen molar-refractivity contribution in [3.63, 3.8) is 0 Å². The van der Waals surface area contributed by atoms with Crippen molar-refractivity contribution in [1.29, 1.82) is 0 Å². The molecule has 3 fully saturated rings. The number of hydrogen-bond acceptors (Lipinski definition) is 1. The smallest absolute Gasteiger partial charge is 0.341 e. The Hall–Kier alpha value is -0.950. The summed E-state index contributed by atoms with van der Waals surface area (Å²) in [7, 11) is 0. The van der Waals surface area contributed by atoms with E-state index in [0.29, 0.717) is 11.6 Å². The number of Topliss-reactive ketones (excluding diaryl/α,β-unsaturated/α-hetero) is 1. The molecule has 18 heavy (non-hydrogen) atoms. The largest absolute Gasteiger partial charge is 0.361 e. The molecule has 3 aliphatic carbocycles. The first-order valence-corrected chi connectivity index (χ1v) is 7.13. The van der Waals surface area contributed by atoms with Gasteiger partial charge in [-0.2, -0.15) is 4.79 Å². The van der Waals surface area contributed by atoms with Crippen LogP contribution < -0.4 is 0 Å². The number of ketones is 1. The summed E-state index contributed by atoms with van der Waals surface area (Å²) in [5.74, 6) is 0.620. The van der Waals surface area contributed by atoms with Crippen LogP contribution in [0.25, 0.3) is 5.53 Å². The topological polar surface area (TPSA) is 53.5 Å². The summed E-state index contributed by atoms with van der Waals surface area (Å²) in [5.41, 5.74) is 9.75. The van der Waals surface area contributed by atoms with Crippen LogP contribution in [0.1, 0.15) is 59.3 Å². The van der Waals surface area contributed by atoms with Crippen LogP contribution in [-0.2, 0) is 4.79 Å². The third-order valence-electron chi connectivity index (χ3n) is 6.08. The predicted molar refractivity (Wildman–Crippen MR) is 69.1 cm³/mol. The zero-order valence-corrected chi connectivity index (χ0v) is 11.6. The van der Waals surface area contributed by atoms with Gasteiger partial charge in [0.1, 0.15) is 0 Å². The molecule has 0 aromatic rings. The van der Waals surface area contributed by atoms with E-state index in [1.807, 2.05) is 0 Å². The van der Waals surface area contributed by atoms with E-state index in [9.17, 15) is 10.3 Å². The van der Waals surface area contributed by atoms with E-state index in [-0.39, 0.29) is 22.0 Å². The van der Waals surface area contributed by atoms with Gasteiger partial charge in [-0.15, -0.1) is 0 Å². The lowest BCUT2D eigenvalue weighted by molar-refractivity contribution is -0.124. The maximum Gasteiger partial charge on any atom is 0.341 e. The van der Waals surface area contributed by atoms with Gasteiger partial charge in [0.15, 0.2) is 0 Å². The van der Waals surface area contributed by atoms with E-state index >= 15 is 0 Å². The van der Waals surface area contributed by atoms with Crippen LogP contribution >= 0.6 is 0 Å². The Morgan fingerprint density at radius 3 is 2.61 bits per heavy atom. The zero-order valence-electron chi connectivity index (χ0n) is 11.6. The molecule has 3 rings (SSSR count). The number of carbonyl (C=O) groups is 1. The third-order valence-corrected chi connectivity index (χ3v) is 6.08. The highest BCUT2D eigenvalue weighted by molar-refractivity contribution is 6.43. The molecule has 0 aromatic carbocycles. The van der Waals surface area contributed by atoms with Gasteiger partial charge in [-0.1, -0.05) is 27.2 Å². The summed E-state index contributed by atoms with van der Waals surface area (Å²) < 4.78 is 0. The Bertz CT molecular complexity index is 475. The van der Waals surface area contributed by atoms with Gasteiger partial charge in [0.05, 0.1) is 5.41 Å². The van der Waals surface area contributed by atoms with E-state index in [4.69, 9.17) is 0 Å². The SMILES string of the molecule is CC1(C)CCC[C@@]23C[C@@](C)(CC[C@@H]12)C(=O)C3=[N+]=[N-]. The Balaban J connectivity index is 2.17. The van der Waals surface area contributed by atoms with Crippen LogP contribution in [0.3, 0.4) is 0 Å². The molecule has 3 saturated carbocycles. The summed E-state index contributed by atoms with van der Waals surface area (Å²) >= 11 is 0. The molecule has 0 heterocycles. The molecule has 3 atom stereocenters.